The highest BCUT2D eigenvalue weighted by Crippen LogP contribution is 2.21. The molecule has 0 aromatic carbocycles. The van der Waals surface area contributed by atoms with Crippen molar-refractivity contribution in [2.24, 2.45) is 0 Å². The number of thioether (sulfide) groups is 1. The fourth-order valence-electron chi connectivity index (χ4n) is 2.51. The van der Waals surface area contributed by atoms with Crippen LogP contribution in [-0.4, -0.2) is 35.7 Å². The Morgan fingerprint density at radius 2 is 2.00 bits per heavy atom. The molecule has 0 aliphatic carbocycles. The third-order valence-corrected chi connectivity index (χ3v) is 4.28. The second-order valence-corrected chi connectivity index (χ2v) is 6.80. The molecule has 1 N–H and O–H groups in total. The lowest BCUT2D eigenvalue weighted by Gasteiger charge is -2.18. The minimum absolute atomic E-state index is 0.210. The molecule has 3 rings (SSSR count). The number of pyridine rings is 1. The molecule has 7 nitrogen and oxygen atoms in total. The van der Waals surface area contributed by atoms with Crippen molar-refractivity contribution in [2.75, 3.05) is 6.26 Å². The van der Waals surface area contributed by atoms with Crippen LogP contribution in [0.25, 0.3) is 16.9 Å². The van der Waals surface area contributed by atoms with Crippen molar-refractivity contribution in [1.82, 2.24) is 24.3 Å². The smallest absolute Gasteiger partial charge is 0.278 e. The molecule has 144 valence electrons. The molecule has 0 saturated heterocycles. The fourth-order valence-corrected chi connectivity index (χ4v) is 2.85. The first kappa shape index (κ1) is 20.9. The number of hydrogen-bond acceptors (Lipinski definition) is 6. The van der Waals surface area contributed by atoms with Gasteiger partial charge in [0.25, 0.3) is 5.56 Å². The zero-order valence-corrected chi connectivity index (χ0v) is 17.1. The van der Waals surface area contributed by atoms with E-state index in [4.69, 9.17) is 0 Å². The summed E-state index contributed by atoms with van der Waals surface area (Å²) in [6.07, 6.45) is 5.05. The summed E-state index contributed by atoms with van der Waals surface area (Å²) in [6, 6.07) is 5.31. The number of allylic oxidation sites excluding steroid dienone is 1. The summed E-state index contributed by atoms with van der Waals surface area (Å²) in [5, 5.41) is 11.2. The Morgan fingerprint density at radius 3 is 2.59 bits per heavy atom. The van der Waals surface area contributed by atoms with E-state index in [0.29, 0.717) is 34.2 Å². The quantitative estimate of drug-likeness (QED) is 0.411. The maximum Gasteiger partial charge on any atom is 0.278 e. The van der Waals surface area contributed by atoms with Crippen LogP contribution < -0.4 is 5.56 Å². The highest BCUT2D eigenvalue weighted by molar-refractivity contribution is 7.98. The summed E-state index contributed by atoms with van der Waals surface area (Å²) in [6.45, 7) is 11.4. The monoisotopic (exact) mass is 387 g/mol. The Balaban J connectivity index is 0.00000126. The number of nitrogens with zero attached hydrogens (tertiary/aromatic N) is 5. The molecule has 3 aromatic rings. The minimum atomic E-state index is -1.10. The van der Waals surface area contributed by atoms with Crippen LogP contribution in [0, 0.1) is 0 Å². The van der Waals surface area contributed by atoms with Crippen molar-refractivity contribution in [2.45, 2.75) is 45.0 Å². The molecular weight excluding hydrogens is 362 g/mol. The van der Waals surface area contributed by atoms with E-state index < -0.39 is 5.60 Å². The highest BCUT2D eigenvalue weighted by atomic mass is 32.2. The Labute approximate surface area is 162 Å². The molecule has 0 aliphatic heterocycles. The van der Waals surface area contributed by atoms with Gasteiger partial charge in [-0.3, -0.25) is 4.79 Å². The summed E-state index contributed by atoms with van der Waals surface area (Å²) in [4.78, 5) is 25.9. The van der Waals surface area contributed by atoms with E-state index in [-0.39, 0.29) is 5.56 Å². The summed E-state index contributed by atoms with van der Waals surface area (Å²) in [5.41, 5.74) is -0.324. The van der Waals surface area contributed by atoms with E-state index in [1.165, 1.54) is 22.6 Å². The molecule has 0 fully saturated rings. The topological polar surface area (TPSA) is 85.8 Å². The number of hydrogen-bond donors (Lipinski definition) is 1. The van der Waals surface area contributed by atoms with Crippen molar-refractivity contribution >= 4 is 22.8 Å². The van der Waals surface area contributed by atoms with Crippen molar-refractivity contribution in [3.8, 4) is 5.82 Å². The van der Waals surface area contributed by atoms with Gasteiger partial charge in [-0.25, -0.2) is 24.3 Å². The molecule has 27 heavy (non-hydrogen) atoms. The molecule has 0 aliphatic rings. The predicted molar refractivity (Wildman–Crippen MR) is 109 cm³/mol. The van der Waals surface area contributed by atoms with Gasteiger partial charge in [0, 0.05) is 6.20 Å². The van der Waals surface area contributed by atoms with Gasteiger partial charge in [-0.2, -0.15) is 0 Å². The Bertz CT molecular complexity index is 1000. The first-order chi connectivity index (χ1) is 12.9. The normalized spacial score (nSPS) is 11.2. The van der Waals surface area contributed by atoms with Crippen LogP contribution in [0.5, 0.6) is 0 Å². The molecular formula is C19H25N5O2S. The fraction of sp³-hybridized carbons (Fsp3) is 0.368. The molecule has 0 saturated carbocycles. The maximum absolute atomic E-state index is 12.7. The number of rotatable bonds is 5. The van der Waals surface area contributed by atoms with Gasteiger partial charge in [0.1, 0.15) is 11.0 Å². The van der Waals surface area contributed by atoms with Crippen LogP contribution in [0.15, 0.2) is 47.0 Å². The average molecular weight is 388 g/mol. The van der Waals surface area contributed by atoms with E-state index in [2.05, 4.69) is 21.5 Å². The van der Waals surface area contributed by atoms with Crippen molar-refractivity contribution in [1.29, 1.82) is 0 Å². The summed E-state index contributed by atoms with van der Waals surface area (Å²) < 4.78 is 3.16. The molecule has 0 radical (unpaired) electrons. The average Bonchev–Trinajstić information content (AvgIpc) is 2.94. The van der Waals surface area contributed by atoms with Gasteiger partial charge in [-0.15, -0.1) is 6.58 Å². The predicted octanol–water partition coefficient (Wildman–Crippen LogP) is 3.14. The second-order valence-electron chi connectivity index (χ2n) is 6.02. The van der Waals surface area contributed by atoms with E-state index in [0.717, 1.165) is 0 Å². The molecule has 8 heteroatoms. The number of aliphatic hydroxyl groups is 1. The van der Waals surface area contributed by atoms with Crippen molar-refractivity contribution in [3.05, 3.63) is 53.1 Å². The lowest BCUT2D eigenvalue weighted by atomic mass is 10.1. The Hall–Kier alpha value is -2.45. The zero-order valence-electron chi connectivity index (χ0n) is 16.3. The lowest BCUT2D eigenvalue weighted by Crippen LogP contribution is -2.23. The standard InChI is InChI=1S/C17H19N5O2S.C2H6/c1-5-9-21-15(23)11-10-18-16(25-4)20-14(11)22(21)13-8-6-7-12(19-13)17(2,3)24;1-2/h5-8,10,24H,1,9H2,2-4H3;1-2H3. The molecule has 0 amide bonds. The molecule has 0 atom stereocenters. The first-order valence-corrected chi connectivity index (χ1v) is 9.93. The Kier molecular flexibility index (Phi) is 6.56. The third-order valence-electron chi connectivity index (χ3n) is 3.72. The van der Waals surface area contributed by atoms with Crippen LogP contribution in [0.3, 0.4) is 0 Å². The minimum Gasteiger partial charge on any atom is -0.384 e. The van der Waals surface area contributed by atoms with Gasteiger partial charge in [0.15, 0.2) is 16.6 Å². The van der Waals surface area contributed by atoms with Gasteiger partial charge in [-0.1, -0.05) is 37.8 Å². The highest BCUT2D eigenvalue weighted by Gasteiger charge is 2.21. The van der Waals surface area contributed by atoms with Crippen molar-refractivity contribution < 1.29 is 5.11 Å². The molecule has 0 bridgehead atoms. The van der Waals surface area contributed by atoms with Crippen LogP contribution in [-0.2, 0) is 12.1 Å². The summed E-state index contributed by atoms with van der Waals surface area (Å²) >= 11 is 1.40. The first-order valence-electron chi connectivity index (χ1n) is 8.70. The number of fused-ring (bicyclic) bond motifs is 1. The van der Waals surface area contributed by atoms with E-state index in [1.54, 1.807) is 42.8 Å². The van der Waals surface area contributed by atoms with E-state index in [1.807, 2.05) is 20.1 Å². The van der Waals surface area contributed by atoms with E-state index >= 15 is 0 Å². The van der Waals surface area contributed by atoms with Gasteiger partial charge >= 0.3 is 0 Å². The Morgan fingerprint density at radius 1 is 1.30 bits per heavy atom. The SMILES string of the molecule is C=CCn1c(=O)c2cnc(SC)nc2n1-c1cccc(C(C)(C)O)n1.CC. The lowest BCUT2D eigenvalue weighted by molar-refractivity contribution is 0.0738. The molecule has 0 unspecified atom stereocenters. The van der Waals surface area contributed by atoms with Crippen LogP contribution >= 0.6 is 11.8 Å². The summed E-state index contributed by atoms with van der Waals surface area (Å²) in [5.74, 6) is 0.499. The largest absolute Gasteiger partial charge is 0.384 e. The molecule has 3 aromatic heterocycles. The van der Waals surface area contributed by atoms with Gasteiger partial charge < -0.3 is 5.11 Å². The zero-order chi connectivity index (χ0) is 20.2. The third kappa shape index (κ3) is 4.12. The summed E-state index contributed by atoms with van der Waals surface area (Å²) in [7, 11) is 0. The number of aromatic nitrogens is 5. The van der Waals surface area contributed by atoms with Crippen molar-refractivity contribution in [3.63, 3.8) is 0 Å². The molecule has 0 spiro atoms. The maximum atomic E-state index is 12.7. The van der Waals surface area contributed by atoms with Gasteiger partial charge in [0.2, 0.25) is 0 Å². The van der Waals surface area contributed by atoms with Gasteiger partial charge in [-0.05, 0) is 32.2 Å². The van der Waals surface area contributed by atoms with Gasteiger partial charge in [0.05, 0.1) is 12.2 Å². The molecule has 3 heterocycles. The van der Waals surface area contributed by atoms with Crippen LogP contribution in [0.1, 0.15) is 33.4 Å². The van der Waals surface area contributed by atoms with Crippen LogP contribution in [0.2, 0.25) is 0 Å². The van der Waals surface area contributed by atoms with E-state index in [9.17, 15) is 9.90 Å². The second kappa shape index (κ2) is 8.49. The van der Waals surface area contributed by atoms with Crippen LogP contribution in [0.4, 0.5) is 0 Å².